The number of hydrogen-bond donors (Lipinski definition) is 1. The molecule has 1 fully saturated rings. The number of hydrogen-bond acceptors (Lipinski definition) is 4. The van der Waals surface area contributed by atoms with E-state index in [2.05, 4.69) is 10.2 Å². The van der Waals surface area contributed by atoms with Crippen LogP contribution < -0.4 is 0 Å². The Labute approximate surface area is 129 Å². The van der Waals surface area contributed by atoms with Crippen molar-refractivity contribution in [2.75, 3.05) is 26.8 Å². The first-order chi connectivity index (χ1) is 10.5. The Morgan fingerprint density at radius 2 is 2.36 bits per heavy atom. The lowest BCUT2D eigenvalue weighted by Crippen LogP contribution is -2.55. The number of carbonyl (C=O) groups excluding carboxylic acids is 1. The first-order valence-corrected chi connectivity index (χ1v) is 7.38. The van der Waals surface area contributed by atoms with Gasteiger partial charge in [0.25, 0.3) is 5.91 Å². The molecule has 0 spiro atoms. The zero-order chi connectivity index (χ0) is 15.7. The summed E-state index contributed by atoms with van der Waals surface area (Å²) >= 11 is 0. The molecule has 1 N–H and O–H groups in total. The van der Waals surface area contributed by atoms with Gasteiger partial charge in [-0.1, -0.05) is 6.07 Å². The average Bonchev–Trinajstić information content (AvgIpc) is 2.93. The molecular formula is C16H21N3O3. The fourth-order valence-electron chi connectivity index (χ4n) is 3.05. The van der Waals surface area contributed by atoms with Crippen LogP contribution in [0, 0.1) is 0 Å². The van der Waals surface area contributed by atoms with E-state index < -0.39 is 0 Å². The van der Waals surface area contributed by atoms with E-state index in [1.165, 1.54) is 0 Å². The molecular weight excluding hydrogens is 282 g/mol. The molecule has 0 radical (unpaired) electrons. The first-order valence-electron chi connectivity index (χ1n) is 7.38. The molecule has 0 unspecified atom stereocenters. The van der Waals surface area contributed by atoms with Crippen molar-refractivity contribution >= 4 is 16.8 Å². The molecule has 0 saturated carbocycles. The van der Waals surface area contributed by atoms with Crippen LogP contribution in [0.1, 0.15) is 24.2 Å². The Kier molecular flexibility index (Phi) is 3.88. The number of nitrogens with zero attached hydrogens (tertiary/aromatic N) is 2. The second kappa shape index (κ2) is 5.70. The van der Waals surface area contributed by atoms with Gasteiger partial charge in [0.15, 0.2) is 0 Å². The van der Waals surface area contributed by atoms with Gasteiger partial charge < -0.3 is 14.4 Å². The Bertz CT molecular complexity index is 680. The monoisotopic (exact) mass is 303 g/mol. The first kappa shape index (κ1) is 15.0. The maximum atomic E-state index is 12.9. The number of benzene rings is 1. The third-order valence-corrected chi connectivity index (χ3v) is 3.84. The second-order valence-corrected chi connectivity index (χ2v) is 6.28. The summed E-state index contributed by atoms with van der Waals surface area (Å²) in [6, 6.07) is 5.62. The quantitative estimate of drug-likeness (QED) is 0.939. The average molecular weight is 303 g/mol. The van der Waals surface area contributed by atoms with Crippen molar-refractivity contribution in [2.24, 2.45) is 0 Å². The van der Waals surface area contributed by atoms with Crippen LogP contribution >= 0.6 is 0 Å². The third kappa shape index (κ3) is 2.84. The molecule has 6 heteroatoms. The van der Waals surface area contributed by atoms with Crippen LogP contribution in [0.5, 0.6) is 0 Å². The molecule has 1 saturated heterocycles. The zero-order valence-corrected chi connectivity index (χ0v) is 13.1. The SMILES string of the molecule is COC[C@@H]1CN(C(=O)c2cccc3[nH]ncc23)CC(C)(C)O1. The Hall–Kier alpha value is -1.92. The Balaban J connectivity index is 1.89. The van der Waals surface area contributed by atoms with Gasteiger partial charge >= 0.3 is 0 Å². The van der Waals surface area contributed by atoms with Gasteiger partial charge in [0.05, 0.1) is 35.6 Å². The molecule has 22 heavy (non-hydrogen) atoms. The fourth-order valence-corrected chi connectivity index (χ4v) is 3.05. The lowest BCUT2D eigenvalue weighted by Gasteiger charge is -2.42. The summed E-state index contributed by atoms with van der Waals surface area (Å²) in [5, 5.41) is 7.77. The summed E-state index contributed by atoms with van der Waals surface area (Å²) in [6.45, 7) is 5.55. The molecule has 1 aromatic carbocycles. The van der Waals surface area contributed by atoms with Gasteiger partial charge in [-0.3, -0.25) is 9.89 Å². The van der Waals surface area contributed by atoms with E-state index in [4.69, 9.17) is 9.47 Å². The van der Waals surface area contributed by atoms with Crippen LogP contribution in [-0.4, -0.2) is 59.5 Å². The highest BCUT2D eigenvalue weighted by molar-refractivity contribution is 6.06. The van der Waals surface area contributed by atoms with Crippen LogP contribution in [0.15, 0.2) is 24.4 Å². The van der Waals surface area contributed by atoms with Crippen molar-refractivity contribution in [2.45, 2.75) is 25.6 Å². The summed E-state index contributed by atoms with van der Waals surface area (Å²) in [4.78, 5) is 14.8. The van der Waals surface area contributed by atoms with Crippen molar-refractivity contribution in [3.63, 3.8) is 0 Å². The van der Waals surface area contributed by atoms with Gasteiger partial charge in [-0.25, -0.2) is 0 Å². The van der Waals surface area contributed by atoms with Crippen molar-refractivity contribution < 1.29 is 14.3 Å². The molecule has 1 atom stereocenters. The molecule has 1 amide bonds. The lowest BCUT2D eigenvalue weighted by molar-refractivity contribution is -0.143. The van der Waals surface area contributed by atoms with E-state index in [1.807, 2.05) is 36.9 Å². The zero-order valence-electron chi connectivity index (χ0n) is 13.1. The molecule has 6 nitrogen and oxygen atoms in total. The Morgan fingerprint density at radius 3 is 3.14 bits per heavy atom. The van der Waals surface area contributed by atoms with E-state index in [0.29, 0.717) is 25.3 Å². The normalized spacial score (nSPS) is 21.2. The number of ether oxygens (including phenoxy) is 2. The number of carbonyl (C=O) groups is 1. The highest BCUT2D eigenvalue weighted by Crippen LogP contribution is 2.25. The molecule has 1 aromatic heterocycles. The van der Waals surface area contributed by atoms with Crippen molar-refractivity contribution in [1.29, 1.82) is 0 Å². The van der Waals surface area contributed by atoms with E-state index >= 15 is 0 Å². The standard InChI is InChI=1S/C16H21N3O3/c1-16(2)10-19(8-11(22-16)9-21-3)15(20)12-5-4-6-14-13(12)7-17-18-14/h4-7,11H,8-10H2,1-3H3,(H,17,18)/t11-/m0/s1. The van der Waals surface area contributed by atoms with E-state index in [9.17, 15) is 4.79 Å². The van der Waals surface area contributed by atoms with Crippen molar-refractivity contribution in [1.82, 2.24) is 15.1 Å². The predicted molar refractivity (Wildman–Crippen MR) is 82.8 cm³/mol. The van der Waals surface area contributed by atoms with E-state index in [-0.39, 0.29) is 17.6 Å². The number of aromatic nitrogens is 2. The molecule has 2 heterocycles. The number of aromatic amines is 1. The molecule has 0 aliphatic carbocycles. The van der Waals surface area contributed by atoms with Gasteiger partial charge in [-0.2, -0.15) is 5.10 Å². The number of amides is 1. The predicted octanol–water partition coefficient (Wildman–Crippen LogP) is 1.83. The van der Waals surface area contributed by atoms with Crippen LogP contribution in [0.3, 0.4) is 0 Å². The molecule has 2 aromatic rings. The lowest BCUT2D eigenvalue weighted by atomic mass is 10.0. The number of nitrogens with one attached hydrogen (secondary N) is 1. The minimum Gasteiger partial charge on any atom is -0.382 e. The highest BCUT2D eigenvalue weighted by Gasteiger charge is 2.36. The van der Waals surface area contributed by atoms with Crippen LogP contribution in [0.4, 0.5) is 0 Å². The van der Waals surface area contributed by atoms with Crippen molar-refractivity contribution in [3.05, 3.63) is 30.0 Å². The number of rotatable bonds is 3. The van der Waals surface area contributed by atoms with Gasteiger partial charge in [0, 0.05) is 25.6 Å². The summed E-state index contributed by atoms with van der Waals surface area (Å²) in [6.07, 6.45) is 1.59. The maximum Gasteiger partial charge on any atom is 0.254 e. The molecule has 0 bridgehead atoms. The molecule has 1 aliphatic heterocycles. The number of morpholine rings is 1. The van der Waals surface area contributed by atoms with E-state index in [0.717, 1.165) is 10.9 Å². The summed E-state index contributed by atoms with van der Waals surface area (Å²) < 4.78 is 11.2. The minimum atomic E-state index is -0.388. The Morgan fingerprint density at radius 1 is 1.55 bits per heavy atom. The fraction of sp³-hybridized carbons (Fsp3) is 0.500. The highest BCUT2D eigenvalue weighted by atomic mass is 16.5. The largest absolute Gasteiger partial charge is 0.382 e. The van der Waals surface area contributed by atoms with Gasteiger partial charge in [0.2, 0.25) is 0 Å². The maximum absolute atomic E-state index is 12.9. The summed E-state index contributed by atoms with van der Waals surface area (Å²) in [5.41, 5.74) is 1.15. The minimum absolute atomic E-state index is 0.00415. The summed E-state index contributed by atoms with van der Waals surface area (Å²) in [5.74, 6) is 0.00415. The van der Waals surface area contributed by atoms with Gasteiger partial charge in [-0.15, -0.1) is 0 Å². The van der Waals surface area contributed by atoms with Crippen LogP contribution in [0.25, 0.3) is 10.9 Å². The van der Waals surface area contributed by atoms with Crippen LogP contribution in [-0.2, 0) is 9.47 Å². The smallest absolute Gasteiger partial charge is 0.254 e. The number of H-pyrrole nitrogens is 1. The van der Waals surface area contributed by atoms with Gasteiger partial charge in [-0.05, 0) is 26.0 Å². The third-order valence-electron chi connectivity index (χ3n) is 3.84. The topological polar surface area (TPSA) is 67.5 Å². The van der Waals surface area contributed by atoms with Crippen molar-refractivity contribution in [3.8, 4) is 0 Å². The number of fused-ring (bicyclic) bond motifs is 1. The summed E-state index contributed by atoms with van der Waals surface area (Å²) in [7, 11) is 1.64. The second-order valence-electron chi connectivity index (χ2n) is 6.28. The van der Waals surface area contributed by atoms with E-state index in [1.54, 1.807) is 13.3 Å². The van der Waals surface area contributed by atoms with Gasteiger partial charge in [0.1, 0.15) is 0 Å². The molecule has 118 valence electrons. The molecule has 1 aliphatic rings. The van der Waals surface area contributed by atoms with Crippen LogP contribution in [0.2, 0.25) is 0 Å². The number of methoxy groups -OCH3 is 1. The molecule has 3 rings (SSSR count).